The summed E-state index contributed by atoms with van der Waals surface area (Å²) in [5.74, 6) is 1.42. The summed E-state index contributed by atoms with van der Waals surface area (Å²) >= 11 is 3.46. The Hall–Kier alpha value is -0.540. The van der Waals surface area contributed by atoms with Crippen molar-refractivity contribution in [2.45, 2.75) is 32.8 Å². The van der Waals surface area contributed by atoms with Crippen LogP contribution in [0, 0.1) is 5.92 Å². The van der Waals surface area contributed by atoms with Crippen LogP contribution in [0.3, 0.4) is 0 Å². The normalized spacial score (nSPS) is 12.9. The molecule has 1 aromatic rings. The molecular formula is C13H19BrO2. The minimum atomic E-state index is -0.400. The van der Waals surface area contributed by atoms with Gasteiger partial charge in [0.2, 0.25) is 0 Å². The van der Waals surface area contributed by atoms with Gasteiger partial charge in [-0.2, -0.15) is 0 Å². The molecule has 0 radical (unpaired) electrons. The Morgan fingerprint density at radius 3 is 2.50 bits per heavy atom. The maximum Gasteiger partial charge on any atom is 0.120 e. The quantitative estimate of drug-likeness (QED) is 0.889. The molecule has 0 fully saturated rings. The molecule has 1 aromatic carbocycles. The van der Waals surface area contributed by atoms with Gasteiger partial charge < -0.3 is 9.84 Å². The van der Waals surface area contributed by atoms with E-state index in [9.17, 15) is 5.11 Å². The molecular weight excluding hydrogens is 268 g/mol. The van der Waals surface area contributed by atoms with Crippen LogP contribution in [0.25, 0.3) is 0 Å². The predicted molar refractivity (Wildman–Crippen MR) is 69.7 cm³/mol. The van der Waals surface area contributed by atoms with Gasteiger partial charge in [-0.3, -0.25) is 0 Å². The fourth-order valence-electron chi connectivity index (χ4n) is 1.55. The Labute approximate surface area is 106 Å². The monoisotopic (exact) mass is 286 g/mol. The average Bonchev–Trinajstić information content (AvgIpc) is 2.25. The van der Waals surface area contributed by atoms with Gasteiger partial charge in [-0.25, -0.2) is 0 Å². The Balaban J connectivity index is 2.71. The number of ether oxygens (including phenoxy) is 1. The molecule has 0 saturated heterocycles. The number of aliphatic hydroxyl groups is 1. The molecule has 2 nitrogen and oxygen atoms in total. The van der Waals surface area contributed by atoms with Crippen molar-refractivity contribution in [3.05, 3.63) is 28.2 Å². The lowest BCUT2D eigenvalue weighted by atomic mass is 10.00. The van der Waals surface area contributed by atoms with Gasteiger partial charge in [-0.15, -0.1) is 0 Å². The molecule has 0 heterocycles. The largest absolute Gasteiger partial charge is 0.497 e. The van der Waals surface area contributed by atoms with Crippen molar-refractivity contribution in [3.8, 4) is 5.75 Å². The van der Waals surface area contributed by atoms with E-state index in [1.807, 2.05) is 18.2 Å². The van der Waals surface area contributed by atoms with E-state index in [-0.39, 0.29) is 0 Å². The first-order valence-electron chi connectivity index (χ1n) is 5.56. The van der Waals surface area contributed by atoms with Gasteiger partial charge in [-0.05, 0) is 36.5 Å². The van der Waals surface area contributed by atoms with E-state index in [1.165, 1.54) is 0 Å². The van der Waals surface area contributed by atoms with E-state index in [0.717, 1.165) is 28.6 Å². The van der Waals surface area contributed by atoms with Crippen molar-refractivity contribution in [3.63, 3.8) is 0 Å². The van der Waals surface area contributed by atoms with Crippen LogP contribution in [0.2, 0.25) is 0 Å². The zero-order chi connectivity index (χ0) is 12.1. The fraction of sp³-hybridized carbons (Fsp3) is 0.538. The fourth-order valence-corrected chi connectivity index (χ4v) is 2.17. The topological polar surface area (TPSA) is 29.5 Å². The molecule has 0 saturated carbocycles. The van der Waals surface area contributed by atoms with Crippen LogP contribution >= 0.6 is 15.9 Å². The van der Waals surface area contributed by atoms with Crippen molar-refractivity contribution < 1.29 is 9.84 Å². The van der Waals surface area contributed by atoms with Crippen LogP contribution < -0.4 is 4.74 Å². The third-order valence-corrected chi connectivity index (χ3v) is 3.27. The summed E-state index contributed by atoms with van der Waals surface area (Å²) in [6.45, 7) is 4.32. The maximum atomic E-state index is 10.0. The van der Waals surface area contributed by atoms with Crippen molar-refractivity contribution in [1.29, 1.82) is 0 Å². The molecule has 0 aliphatic carbocycles. The molecule has 0 aromatic heterocycles. The minimum Gasteiger partial charge on any atom is -0.497 e. The van der Waals surface area contributed by atoms with Crippen molar-refractivity contribution in [1.82, 2.24) is 0 Å². The van der Waals surface area contributed by atoms with E-state index in [0.29, 0.717) is 5.92 Å². The van der Waals surface area contributed by atoms with E-state index >= 15 is 0 Å². The molecule has 90 valence electrons. The van der Waals surface area contributed by atoms with Crippen LogP contribution in [0.1, 0.15) is 38.4 Å². The predicted octanol–water partition coefficient (Wildman–Crippen LogP) is 3.93. The van der Waals surface area contributed by atoms with Gasteiger partial charge in [0.15, 0.2) is 0 Å². The molecule has 1 atom stereocenters. The first kappa shape index (κ1) is 13.5. The number of benzene rings is 1. The molecule has 0 aliphatic rings. The van der Waals surface area contributed by atoms with E-state index in [1.54, 1.807) is 7.11 Å². The van der Waals surface area contributed by atoms with Crippen molar-refractivity contribution in [2.24, 2.45) is 5.92 Å². The molecule has 3 heteroatoms. The van der Waals surface area contributed by atoms with E-state index < -0.39 is 6.10 Å². The molecule has 0 amide bonds. The van der Waals surface area contributed by atoms with Gasteiger partial charge in [0.25, 0.3) is 0 Å². The highest BCUT2D eigenvalue weighted by atomic mass is 79.9. The standard InChI is InChI=1S/C13H19BrO2/c1-9(2)4-7-13(15)11-6-5-10(16-3)8-12(11)14/h5-6,8-9,13,15H,4,7H2,1-3H3. The van der Waals surface area contributed by atoms with Crippen LogP contribution in [0.15, 0.2) is 22.7 Å². The summed E-state index contributed by atoms with van der Waals surface area (Å²) in [6, 6.07) is 5.67. The van der Waals surface area contributed by atoms with Crippen LogP contribution in [-0.4, -0.2) is 12.2 Å². The second kappa shape index (κ2) is 6.26. The first-order chi connectivity index (χ1) is 7.54. The number of hydrogen-bond donors (Lipinski definition) is 1. The lowest BCUT2D eigenvalue weighted by Gasteiger charge is -2.14. The lowest BCUT2D eigenvalue weighted by Crippen LogP contribution is -2.01. The van der Waals surface area contributed by atoms with Gasteiger partial charge in [0.1, 0.15) is 5.75 Å². The third kappa shape index (κ3) is 3.80. The van der Waals surface area contributed by atoms with Crippen LogP contribution in [-0.2, 0) is 0 Å². The third-order valence-electron chi connectivity index (χ3n) is 2.58. The smallest absolute Gasteiger partial charge is 0.120 e. The molecule has 0 bridgehead atoms. The molecule has 0 spiro atoms. The zero-order valence-corrected chi connectivity index (χ0v) is 11.6. The van der Waals surface area contributed by atoms with E-state index in [4.69, 9.17) is 4.74 Å². The van der Waals surface area contributed by atoms with Gasteiger partial charge >= 0.3 is 0 Å². The molecule has 1 N–H and O–H groups in total. The summed E-state index contributed by atoms with van der Waals surface area (Å²) in [5, 5.41) is 10.0. The number of hydrogen-bond acceptors (Lipinski definition) is 2. The van der Waals surface area contributed by atoms with Gasteiger partial charge in [-0.1, -0.05) is 35.8 Å². The maximum absolute atomic E-state index is 10.0. The van der Waals surface area contributed by atoms with Crippen molar-refractivity contribution >= 4 is 15.9 Å². The van der Waals surface area contributed by atoms with Crippen molar-refractivity contribution in [2.75, 3.05) is 7.11 Å². The van der Waals surface area contributed by atoms with Crippen LogP contribution in [0.4, 0.5) is 0 Å². The highest BCUT2D eigenvalue weighted by Crippen LogP contribution is 2.30. The lowest BCUT2D eigenvalue weighted by molar-refractivity contribution is 0.158. The van der Waals surface area contributed by atoms with Gasteiger partial charge in [0, 0.05) is 4.47 Å². The molecule has 1 unspecified atom stereocenters. The summed E-state index contributed by atoms with van der Waals surface area (Å²) in [6.07, 6.45) is 1.42. The van der Waals surface area contributed by atoms with E-state index in [2.05, 4.69) is 29.8 Å². The van der Waals surface area contributed by atoms with Crippen LogP contribution in [0.5, 0.6) is 5.75 Å². The minimum absolute atomic E-state index is 0.400. The number of halogens is 1. The number of aliphatic hydroxyl groups excluding tert-OH is 1. The number of rotatable bonds is 5. The Morgan fingerprint density at radius 2 is 2.00 bits per heavy atom. The first-order valence-corrected chi connectivity index (χ1v) is 6.35. The Morgan fingerprint density at radius 1 is 1.31 bits per heavy atom. The summed E-state index contributed by atoms with van der Waals surface area (Å²) in [4.78, 5) is 0. The summed E-state index contributed by atoms with van der Waals surface area (Å²) in [7, 11) is 1.64. The second-order valence-corrected chi connectivity index (χ2v) is 5.23. The Kier molecular flexibility index (Phi) is 5.29. The summed E-state index contributed by atoms with van der Waals surface area (Å²) in [5.41, 5.74) is 0.932. The van der Waals surface area contributed by atoms with Gasteiger partial charge in [0.05, 0.1) is 13.2 Å². The molecule has 16 heavy (non-hydrogen) atoms. The average molecular weight is 287 g/mol. The Bertz CT molecular complexity index is 337. The highest BCUT2D eigenvalue weighted by Gasteiger charge is 2.12. The SMILES string of the molecule is COc1ccc(C(O)CCC(C)C)c(Br)c1. The molecule has 0 aliphatic heterocycles. The second-order valence-electron chi connectivity index (χ2n) is 4.37. The number of methoxy groups -OCH3 is 1. The summed E-state index contributed by atoms with van der Waals surface area (Å²) < 4.78 is 6.02. The zero-order valence-electron chi connectivity index (χ0n) is 10.0. The molecule has 1 rings (SSSR count). The highest BCUT2D eigenvalue weighted by molar-refractivity contribution is 9.10.